The molecule has 0 bridgehead atoms. The van der Waals surface area contributed by atoms with Gasteiger partial charge in [-0.1, -0.05) is 6.07 Å². The van der Waals surface area contributed by atoms with Crippen molar-refractivity contribution in [2.45, 2.75) is 25.8 Å². The maximum absolute atomic E-state index is 12.0. The van der Waals surface area contributed by atoms with Crippen LogP contribution in [0.5, 0.6) is 0 Å². The van der Waals surface area contributed by atoms with Gasteiger partial charge >= 0.3 is 0 Å². The van der Waals surface area contributed by atoms with Crippen molar-refractivity contribution in [3.8, 4) is 0 Å². The fourth-order valence-electron chi connectivity index (χ4n) is 1.93. The molecule has 1 atom stereocenters. The van der Waals surface area contributed by atoms with Crippen LogP contribution in [0.2, 0.25) is 0 Å². The average molecular weight is 239 g/mol. The minimum absolute atomic E-state index is 0.226. The molecule has 1 fully saturated rings. The van der Waals surface area contributed by atoms with Gasteiger partial charge in [-0.25, -0.2) is 0 Å². The summed E-state index contributed by atoms with van der Waals surface area (Å²) in [6.07, 6.45) is 1.48. The first-order valence-electron chi connectivity index (χ1n) is 5.67. The fourth-order valence-corrected chi connectivity index (χ4v) is 2.64. The number of rotatable bonds is 3. The molecule has 1 aliphatic heterocycles. The highest BCUT2D eigenvalue weighted by molar-refractivity contribution is 7.09. The molecule has 0 N–H and O–H groups in total. The van der Waals surface area contributed by atoms with Gasteiger partial charge in [-0.05, 0) is 24.8 Å². The van der Waals surface area contributed by atoms with E-state index in [2.05, 4.69) is 11.4 Å². The molecule has 0 radical (unpaired) electrons. The summed E-state index contributed by atoms with van der Waals surface area (Å²) in [7, 11) is 0. The number of ether oxygens (including phenoxy) is 1. The van der Waals surface area contributed by atoms with Crippen LogP contribution in [-0.4, -0.2) is 36.6 Å². The number of thiophene rings is 1. The molecule has 0 saturated carbocycles. The van der Waals surface area contributed by atoms with E-state index >= 15 is 0 Å². The van der Waals surface area contributed by atoms with E-state index in [1.807, 2.05) is 17.9 Å². The Kier molecular flexibility index (Phi) is 3.96. The molecule has 88 valence electrons. The van der Waals surface area contributed by atoms with Crippen LogP contribution < -0.4 is 0 Å². The number of hydrogen-bond donors (Lipinski definition) is 0. The molecule has 1 saturated heterocycles. The molecule has 0 spiro atoms. The van der Waals surface area contributed by atoms with Gasteiger partial charge in [-0.2, -0.15) is 0 Å². The van der Waals surface area contributed by atoms with E-state index in [1.54, 1.807) is 11.3 Å². The van der Waals surface area contributed by atoms with Gasteiger partial charge in [-0.15, -0.1) is 11.3 Å². The lowest BCUT2D eigenvalue weighted by molar-refractivity contribution is -0.139. The van der Waals surface area contributed by atoms with Crippen molar-refractivity contribution in [3.05, 3.63) is 22.4 Å². The topological polar surface area (TPSA) is 29.5 Å². The summed E-state index contributed by atoms with van der Waals surface area (Å²) in [4.78, 5) is 15.2. The highest BCUT2D eigenvalue weighted by atomic mass is 32.1. The number of hydrogen-bond acceptors (Lipinski definition) is 3. The van der Waals surface area contributed by atoms with Gasteiger partial charge in [-0.3, -0.25) is 4.79 Å². The highest BCUT2D eigenvalue weighted by Crippen LogP contribution is 2.14. The molecule has 16 heavy (non-hydrogen) atoms. The van der Waals surface area contributed by atoms with E-state index < -0.39 is 0 Å². The van der Waals surface area contributed by atoms with Gasteiger partial charge in [0.15, 0.2) is 0 Å². The molecule has 3 nitrogen and oxygen atoms in total. The van der Waals surface area contributed by atoms with Gasteiger partial charge in [0.25, 0.3) is 0 Å². The third-order valence-electron chi connectivity index (χ3n) is 2.85. The third kappa shape index (κ3) is 2.83. The summed E-state index contributed by atoms with van der Waals surface area (Å²) in [6.45, 7) is 4.13. The van der Waals surface area contributed by atoms with Crippen molar-refractivity contribution in [2.75, 3.05) is 19.8 Å². The summed E-state index contributed by atoms with van der Waals surface area (Å²) in [5, 5.41) is 2.05. The Labute approximate surface area is 100 Å². The predicted octanol–water partition coefficient (Wildman–Crippen LogP) is 1.93. The van der Waals surface area contributed by atoms with Crippen LogP contribution in [0.15, 0.2) is 17.5 Å². The van der Waals surface area contributed by atoms with Crippen molar-refractivity contribution in [3.63, 3.8) is 0 Å². The summed E-state index contributed by atoms with van der Waals surface area (Å²) < 4.78 is 5.32. The lowest BCUT2D eigenvalue weighted by Crippen LogP contribution is -2.47. The minimum atomic E-state index is 0.226. The second-order valence-corrected chi connectivity index (χ2v) is 5.12. The first-order valence-corrected chi connectivity index (χ1v) is 6.55. The Morgan fingerprint density at radius 3 is 3.25 bits per heavy atom. The number of carbonyl (C=O) groups is 1. The van der Waals surface area contributed by atoms with E-state index in [1.165, 1.54) is 4.88 Å². The molecule has 2 rings (SSSR count). The normalized spacial score (nSPS) is 21.1. The number of carbonyl (C=O) groups excluding carboxylic acids is 1. The van der Waals surface area contributed by atoms with Gasteiger partial charge in [0.2, 0.25) is 5.91 Å². The van der Waals surface area contributed by atoms with E-state index in [9.17, 15) is 4.79 Å². The van der Waals surface area contributed by atoms with Crippen LogP contribution in [-0.2, 0) is 16.0 Å². The molecule has 1 aromatic heterocycles. The summed E-state index contributed by atoms with van der Waals surface area (Å²) in [5.74, 6) is 0.254. The Balaban J connectivity index is 1.83. The van der Waals surface area contributed by atoms with Crippen molar-refractivity contribution < 1.29 is 9.53 Å². The highest BCUT2D eigenvalue weighted by Gasteiger charge is 2.23. The standard InChI is InChI=1S/C12H17NO2S/c1-10-9-15-7-6-13(10)12(14)5-4-11-3-2-8-16-11/h2-3,8,10H,4-7,9H2,1H3. The molecule has 1 aromatic rings. The van der Waals surface area contributed by atoms with E-state index in [0.29, 0.717) is 19.6 Å². The molecule has 1 aliphatic rings. The van der Waals surface area contributed by atoms with Crippen molar-refractivity contribution >= 4 is 17.2 Å². The SMILES string of the molecule is CC1COCCN1C(=O)CCc1cccs1. The maximum atomic E-state index is 12.0. The predicted molar refractivity (Wildman–Crippen MR) is 64.6 cm³/mol. The molecular weight excluding hydrogens is 222 g/mol. The zero-order valence-electron chi connectivity index (χ0n) is 9.52. The van der Waals surface area contributed by atoms with E-state index in [-0.39, 0.29) is 11.9 Å². The lowest BCUT2D eigenvalue weighted by atomic mass is 10.2. The Bertz CT molecular complexity index is 337. The first kappa shape index (κ1) is 11.6. The molecule has 1 unspecified atom stereocenters. The van der Waals surface area contributed by atoms with Crippen molar-refractivity contribution in [2.24, 2.45) is 0 Å². The fraction of sp³-hybridized carbons (Fsp3) is 0.583. The van der Waals surface area contributed by atoms with Crippen LogP contribution >= 0.6 is 11.3 Å². The van der Waals surface area contributed by atoms with Crippen molar-refractivity contribution in [1.82, 2.24) is 4.90 Å². The second-order valence-electron chi connectivity index (χ2n) is 4.09. The summed E-state index contributed by atoms with van der Waals surface area (Å²) in [6, 6.07) is 4.34. The van der Waals surface area contributed by atoms with Crippen LogP contribution in [0.1, 0.15) is 18.2 Å². The Morgan fingerprint density at radius 1 is 1.69 bits per heavy atom. The minimum Gasteiger partial charge on any atom is -0.377 e. The van der Waals surface area contributed by atoms with E-state index in [0.717, 1.165) is 13.0 Å². The number of aryl methyl sites for hydroxylation is 1. The number of nitrogens with zero attached hydrogens (tertiary/aromatic N) is 1. The zero-order valence-corrected chi connectivity index (χ0v) is 10.3. The smallest absolute Gasteiger partial charge is 0.223 e. The van der Waals surface area contributed by atoms with Crippen molar-refractivity contribution in [1.29, 1.82) is 0 Å². The summed E-state index contributed by atoms with van der Waals surface area (Å²) in [5.41, 5.74) is 0. The zero-order chi connectivity index (χ0) is 11.4. The van der Waals surface area contributed by atoms with Gasteiger partial charge < -0.3 is 9.64 Å². The molecule has 1 amide bonds. The average Bonchev–Trinajstić information content (AvgIpc) is 2.79. The largest absolute Gasteiger partial charge is 0.377 e. The van der Waals surface area contributed by atoms with Crippen LogP contribution in [0.4, 0.5) is 0 Å². The van der Waals surface area contributed by atoms with Gasteiger partial charge in [0, 0.05) is 17.8 Å². The molecule has 2 heterocycles. The van der Waals surface area contributed by atoms with Crippen LogP contribution in [0, 0.1) is 0 Å². The number of morpholine rings is 1. The van der Waals surface area contributed by atoms with Gasteiger partial charge in [0.05, 0.1) is 19.3 Å². The lowest BCUT2D eigenvalue weighted by Gasteiger charge is -2.33. The molecule has 4 heteroatoms. The first-order chi connectivity index (χ1) is 7.77. The molecule has 0 aromatic carbocycles. The summed E-state index contributed by atoms with van der Waals surface area (Å²) >= 11 is 1.72. The van der Waals surface area contributed by atoms with Gasteiger partial charge in [0.1, 0.15) is 0 Å². The monoisotopic (exact) mass is 239 g/mol. The van der Waals surface area contributed by atoms with E-state index in [4.69, 9.17) is 4.74 Å². The Morgan fingerprint density at radius 2 is 2.56 bits per heavy atom. The molecule has 0 aliphatic carbocycles. The van der Waals surface area contributed by atoms with Crippen LogP contribution in [0.25, 0.3) is 0 Å². The maximum Gasteiger partial charge on any atom is 0.223 e. The Hall–Kier alpha value is -0.870. The second kappa shape index (κ2) is 5.46. The van der Waals surface area contributed by atoms with Crippen LogP contribution in [0.3, 0.4) is 0 Å². The quantitative estimate of drug-likeness (QED) is 0.806. The third-order valence-corrected chi connectivity index (χ3v) is 3.79. The number of amides is 1. The molecular formula is C12H17NO2S.